The molecule has 0 amide bonds. The lowest BCUT2D eigenvalue weighted by atomic mass is 9.97. The first-order valence-electron chi connectivity index (χ1n) is 8.69. The molecule has 0 aromatic heterocycles. The molecule has 0 bridgehead atoms. The van der Waals surface area contributed by atoms with E-state index in [1.807, 2.05) is 0 Å². The molecule has 0 spiro atoms. The van der Waals surface area contributed by atoms with Gasteiger partial charge in [0.1, 0.15) is 0 Å². The van der Waals surface area contributed by atoms with Gasteiger partial charge in [0.25, 0.3) is 0 Å². The van der Waals surface area contributed by atoms with Crippen LogP contribution < -0.4 is 0 Å². The van der Waals surface area contributed by atoms with Gasteiger partial charge in [0.15, 0.2) is 0 Å². The topological polar surface area (TPSA) is 60.8 Å². The van der Waals surface area contributed by atoms with Crippen LogP contribution in [0, 0.1) is 11.8 Å². The zero-order valence-corrected chi connectivity index (χ0v) is 15.3. The smallest absolute Gasteiger partial charge is 0.312 e. The fourth-order valence-corrected chi connectivity index (χ4v) is 3.61. The molecular weight excluding hydrogens is 285 g/mol. The Hall–Kier alpha value is 0.110. The van der Waals surface area contributed by atoms with Gasteiger partial charge in [-0.05, 0) is 24.7 Å². The summed E-state index contributed by atoms with van der Waals surface area (Å²) in [5, 5.41) is 0. The summed E-state index contributed by atoms with van der Waals surface area (Å²) in [7, 11) is -4.14. The Kier molecular flexibility index (Phi) is 11.7. The van der Waals surface area contributed by atoms with Gasteiger partial charge in [-0.2, -0.15) is 0 Å². The van der Waals surface area contributed by atoms with Crippen LogP contribution in [0.5, 0.6) is 0 Å². The minimum atomic E-state index is -4.14. The quantitative estimate of drug-likeness (QED) is 0.478. The van der Waals surface area contributed by atoms with Crippen LogP contribution in [0.2, 0.25) is 0 Å². The van der Waals surface area contributed by atoms with Crippen molar-refractivity contribution in [3.63, 3.8) is 0 Å². The molecule has 4 nitrogen and oxygen atoms in total. The Morgan fingerprint density at radius 3 is 1.48 bits per heavy atom. The van der Waals surface area contributed by atoms with Crippen LogP contribution in [-0.4, -0.2) is 27.5 Å². The molecule has 21 heavy (non-hydrogen) atoms. The van der Waals surface area contributed by atoms with E-state index in [1.54, 1.807) is 0 Å². The van der Waals surface area contributed by atoms with Gasteiger partial charge in [0.05, 0.1) is 0 Å². The molecule has 0 radical (unpaired) electrons. The van der Waals surface area contributed by atoms with E-state index in [0.717, 1.165) is 51.4 Å². The number of nitrogens with zero attached hydrogens (tertiary/aromatic N) is 1. The number of unbranched alkanes of at least 4 members (excludes halogenated alkanes) is 2. The van der Waals surface area contributed by atoms with E-state index in [0.29, 0.717) is 24.9 Å². The highest BCUT2D eigenvalue weighted by Gasteiger charge is 2.29. The zero-order chi connectivity index (χ0) is 16.3. The van der Waals surface area contributed by atoms with Crippen molar-refractivity contribution in [2.75, 3.05) is 13.1 Å². The molecule has 0 rings (SSSR count). The van der Waals surface area contributed by atoms with E-state index in [9.17, 15) is 14.4 Å². The van der Waals surface area contributed by atoms with E-state index >= 15 is 0 Å². The highest BCUT2D eigenvalue weighted by atomic mass is 31.2. The van der Waals surface area contributed by atoms with E-state index in [1.165, 1.54) is 4.67 Å². The average Bonchev–Trinajstić information content (AvgIpc) is 2.44. The van der Waals surface area contributed by atoms with Crippen molar-refractivity contribution >= 4 is 7.75 Å². The van der Waals surface area contributed by atoms with E-state index in [4.69, 9.17) is 0 Å². The Bertz CT molecular complexity index is 275. The monoisotopic (exact) mass is 321 g/mol. The maximum atomic E-state index is 11.8. The van der Waals surface area contributed by atoms with Crippen LogP contribution in [-0.2, 0) is 4.57 Å². The van der Waals surface area contributed by atoms with Gasteiger partial charge < -0.3 is 9.79 Å². The fourth-order valence-electron chi connectivity index (χ4n) is 2.72. The minimum Gasteiger partial charge on any atom is -0.312 e. The molecule has 0 aromatic rings. The summed E-state index contributed by atoms with van der Waals surface area (Å²) in [5.41, 5.74) is 0. The first-order chi connectivity index (χ1) is 9.88. The molecular formula is C16H36NO3P. The number of hydrogen-bond acceptors (Lipinski definition) is 1. The molecule has 128 valence electrons. The molecule has 2 unspecified atom stereocenters. The summed E-state index contributed by atoms with van der Waals surface area (Å²) in [6, 6.07) is 0. The predicted octanol–water partition coefficient (Wildman–Crippen LogP) is 4.81. The number of hydrogen-bond donors (Lipinski definition) is 2. The Morgan fingerprint density at radius 1 is 0.857 bits per heavy atom. The van der Waals surface area contributed by atoms with Crippen molar-refractivity contribution in [3.8, 4) is 0 Å². The second kappa shape index (κ2) is 11.6. The van der Waals surface area contributed by atoms with Crippen molar-refractivity contribution in [3.05, 3.63) is 0 Å². The van der Waals surface area contributed by atoms with E-state index in [2.05, 4.69) is 27.7 Å². The van der Waals surface area contributed by atoms with Crippen LogP contribution in [0.15, 0.2) is 0 Å². The summed E-state index contributed by atoms with van der Waals surface area (Å²) < 4.78 is 13.2. The number of rotatable bonds is 13. The molecule has 0 aliphatic heterocycles. The Morgan fingerprint density at radius 2 is 1.24 bits per heavy atom. The standard InChI is InChI=1S/C16H36NO3P/c1-5-9-11-15(7-3)13-17(21(18,19)20)14-16(8-4)12-10-6-2/h15-16H,5-14H2,1-4H3,(H2,18,19,20). The van der Waals surface area contributed by atoms with Gasteiger partial charge in [0, 0.05) is 13.1 Å². The highest BCUT2D eigenvalue weighted by molar-refractivity contribution is 7.49. The molecule has 0 saturated heterocycles. The maximum absolute atomic E-state index is 11.8. The lowest BCUT2D eigenvalue weighted by molar-refractivity contribution is 0.210. The van der Waals surface area contributed by atoms with Gasteiger partial charge in [-0.25, -0.2) is 9.24 Å². The van der Waals surface area contributed by atoms with Crippen LogP contribution in [0.4, 0.5) is 0 Å². The first kappa shape index (κ1) is 21.1. The normalized spacial score (nSPS) is 15.4. The lowest BCUT2D eigenvalue weighted by Crippen LogP contribution is -2.31. The SMILES string of the molecule is CCCCC(CC)CN(CC(CC)CCCC)P(=O)(O)O. The Balaban J connectivity index is 4.67. The summed E-state index contributed by atoms with van der Waals surface area (Å²) in [5.74, 6) is 0.780. The van der Waals surface area contributed by atoms with Crippen LogP contribution >= 0.6 is 7.75 Å². The summed E-state index contributed by atoms with van der Waals surface area (Å²) in [4.78, 5) is 19.3. The third-order valence-electron chi connectivity index (χ3n) is 4.39. The summed E-state index contributed by atoms with van der Waals surface area (Å²) in [6.45, 7) is 9.61. The Labute approximate surface area is 131 Å². The molecule has 0 saturated carbocycles. The van der Waals surface area contributed by atoms with Crippen molar-refractivity contribution in [1.29, 1.82) is 0 Å². The largest absolute Gasteiger partial charge is 0.403 e. The summed E-state index contributed by atoms with van der Waals surface area (Å²) >= 11 is 0. The van der Waals surface area contributed by atoms with Crippen molar-refractivity contribution < 1.29 is 14.4 Å². The van der Waals surface area contributed by atoms with Crippen LogP contribution in [0.25, 0.3) is 0 Å². The van der Waals surface area contributed by atoms with Crippen molar-refractivity contribution in [1.82, 2.24) is 4.67 Å². The maximum Gasteiger partial charge on any atom is 0.403 e. The zero-order valence-electron chi connectivity index (χ0n) is 14.4. The van der Waals surface area contributed by atoms with Crippen LogP contribution in [0.1, 0.15) is 79.1 Å². The van der Waals surface area contributed by atoms with Gasteiger partial charge in [-0.1, -0.05) is 66.2 Å². The van der Waals surface area contributed by atoms with E-state index in [-0.39, 0.29) is 0 Å². The van der Waals surface area contributed by atoms with Crippen LogP contribution in [0.3, 0.4) is 0 Å². The molecule has 0 aromatic carbocycles. The van der Waals surface area contributed by atoms with Gasteiger partial charge >= 0.3 is 7.75 Å². The van der Waals surface area contributed by atoms with Gasteiger partial charge in [-0.15, -0.1) is 0 Å². The highest BCUT2D eigenvalue weighted by Crippen LogP contribution is 2.42. The van der Waals surface area contributed by atoms with Gasteiger partial charge in [-0.3, -0.25) is 0 Å². The first-order valence-corrected chi connectivity index (χ1v) is 10.3. The predicted molar refractivity (Wildman–Crippen MR) is 90.2 cm³/mol. The van der Waals surface area contributed by atoms with Gasteiger partial charge in [0.2, 0.25) is 0 Å². The fraction of sp³-hybridized carbons (Fsp3) is 1.00. The average molecular weight is 321 g/mol. The summed E-state index contributed by atoms with van der Waals surface area (Å²) in [6.07, 6.45) is 8.66. The third kappa shape index (κ3) is 9.67. The van der Waals surface area contributed by atoms with Crippen molar-refractivity contribution in [2.24, 2.45) is 11.8 Å². The second-order valence-corrected chi connectivity index (χ2v) is 7.81. The molecule has 2 atom stereocenters. The molecule has 0 aliphatic rings. The molecule has 5 heteroatoms. The molecule has 0 aliphatic carbocycles. The second-order valence-electron chi connectivity index (χ2n) is 6.22. The van der Waals surface area contributed by atoms with E-state index < -0.39 is 7.75 Å². The molecule has 0 fully saturated rings. The van der Waals surface area contributed by atoms with Crippen molar-refractivity contribution in [2.45, 2.75) is 79.1 Å². The molecule has 2 N–H and O–H groups in total. The lowest BCUT2D eigenvalue weighted by Gasteiger charge is -2.30. The molecule has 0 heterocycles. The minimum absolute atomic E-state index is 0.390. The third-order valence-corrected chi connectivity index (χ3v) is 5.46.